The summed E-state index contributed by atoms with van der Waals surface area (Å²) in [7, 11) is 0. The molecular formula is C40H66N8O11. The monoisotopic (exact) mass is 834 g/mol. The molecule has 0 radical (unpaired) electrons. The molecule has 0 bridgehead atoms. The number of carbonyl (C=O) groups excluding carboxylic acids is 8. The van der Waals surface area contributed by atoms with E-state index in [0.717, 1.165) is 0 Å². The van der Waals surface area contributed by atoms with E-state index in [1.54, 1.807) is 78.8 Å². The van der Waals surface area contributed by atoms with Crippen molar-refractivity contribution in [2.24, 2.45) is 29.2 Å². The Balaban J connectivity index is 3.22. The van der Waals surface area contributed by atoms with Gasteiger partial charge in [-0.25, -0.2) is 4.79 Å². The summed E-state index contributed by atoms with van der Waals surface area (Å²) < 4.78 is 11.1. The van der Waals surface area contributed by atoms with Gasteiger partial charge in [0.15, 0.2) is 0 Å². The molecule has 0 aliphatic heterocycles. The second kappa shape index (κ2) is 24.7. The molecule has 332 valence electrons. The normalized spacial score (nSPS) is 15.1. The van der Waals surface area contributed by atoms with Crippen LogP contribution in [0.25, 0.3) is 0 Å². The van der Waals surface area contributed by atoms with Gasteiger partial charge in [-0.2, -0.15) is 0 Å². The van der Waals surface area contributed by atoms with E-state index < -0.39 is 114 Å². The number of imide groups is 1. The van der Waals surface area contributed by atoms with Gasteiger partial charge in [0.05, 0.1) is 30.8 Å². The molecule has 0 aliphatic rings. The quantitative estimate of drug-likeness (QED) is 0.0705. The highest BCUT2D eigenvalue weighted by molar-refractivity contribution is 5.99. The van der Waals surface area contributed by atoms with Crippen molar-refractivity contribution in [1.82, 2.24) is 31.9 Å². The zero-order valence-corrected chi connectivity index (χ0v) is 35.9. The van der Waals surface area contributed by atoms with Gasteiger partial charge >= 0.3 is 6.09 Å². The molecule has 0 heterocycles. The summed E-state index contributed by atoms with van der Waals surface area (Å²) >= 11 is 0. The topological polar surface area (TPSA) is 299 Å². The zero-order chi connectivity index (χ0) is 45.2. The minimum Gasteiger partial charge on any atom is -0.444 e. The Hall–Kier alpha value is -5.14. The number of aliphatic hydroxyl groups is 1. The van der Waals surface area contributed by atoms with Crippen molar-refractivity contribution in [3.05, 3.63) is 35.9 Å². The van der Waals surface area contributed by atoms with Crippen LogP contribution in [0.2, 0.25) is 0 Å². The smallest absolute Gasteiger partial charge is 0.414 e. The Kier molecular flexibility index (Phi) is 21.7. The van der Waals surface area contributed by atoms with Gasteiger partial charge in [-0.3, -0.25) is 38.9 Å². The standard InChI is InChI=1S/C40H66N8O11/c1-21(2)16-26(41)33(51)43-28(18-30(42)50)34(52)45-29(19-49)36(54)46-31(23(5)6)37(55)44-27(17-22(3)4)35(53)47-32(24(7)59-40(8,9)10)38(56)48-39(57)58-20-25-14-12-11-13-15-25/h11-15,21-24,26-29,31-32,49H,16-20,41H2,1-10H3,(H2,42,50)(H,43,51)(H,44,55)(H,45,52)(H,46,54)(H,47,53)(H,48,56,57)/t24-,26+,27+,28+,29+,31+,32+/m1/s1. The van der Waals surface area contributed by atoms with Crippen molar-refractivity contribution >= 4 is 47.4 Å². The molecule has 0 saturated carbocycles. The van der Waals surface area contributed by atoms with Crippen LogP contribution in [-0.4, -0.2) is 107 Å². The lowest BCUT2D eigenvalue weighted by Gasteiger charge is -2.32. The number of nitrogens with one attached hydrogen (secondary N) is 6. The molecule has 7 atom stereocenters. The highest BCUT2D eigenvalue weighted by Gasteiger charge is 2.37. The zero-order valence-electron chi connectivity index (χ0n) is 35.9. The summed E-state index contributed by atoms with van der Waals surface area (Å²) in [6.45, 7) is 16.2. The molecule has 1 aromatic rings. The van der Waals surface area contributed by atoms with E-state index in [9.17, 15) is 43.5 Å². The van der Waals surface area contributed by atoms with Crippen LogP contribution in [0.3, 0.4) is 0 Å². The van der Waals surface area contributed by atoms with Gasteiger partial charge in [-0.15, -0.1) is 0 Å². The molecule has 0 unspecified atom stereocenters. The van der Waals surface area contributed by atoms with E-state index in [2.05, 4.69) is 31.9 Å². The van der Waals surface area contributed by atoms with Crippen molar-refractivity contribution in [2.45, 2.75) is 143 Å². The number of nitrogens with two attached hydrogens (primary N) is 2. The third-order valence-electron chi connectivity index (χ3n) is 8.53. The maximum atomic E-state index is 13.9. The van der Waals surface area contributed by atoms with Crippen LogP contribution in [0.4, 0.5) is 4.79 Å². The number of hydrogen-bond donors (Lipinski definition) is 9. The number of ether oxygens (including phenoxy) is 2. The molecule has 59 heavy (non-hydrogen) atoms. The number of aliphatic hydroxyl groups excluding tert-OH is 1. The summed E-state index contributed by atoms with van der Waals surface area (Å²) in [5.41, 5.74) is 11.1. The first-order chi connectivity index (χ1) is 27.3. The van der Waals surface area contributed by atoms with E-state index in [0.29, 0.717) is 5.56 Å². The van der Waals surface area contributed by atoms with Crippen LogP contribution in [0.1, 0.15) is 94.1 Å². The predicted molar refractivity (Wildman–Crippen MR) is 217 cm³/mol. The fourth-order valence-corrected chi connectivity index (χ4v) is 5.74. The van der Waals surface area contributed by atoms with Gasteiger partial charge in [-0.1, -0.05) is 71.9 Å². The predicted octanol–water partition coefficient (Wildman–Crippen LogP) is 0.0102. The van der Waals surface area contributed by atoms with E-state index in [1.165, 1.54) is 6.92 Å². The Morgan fingerprint density at radius 3 is 1.68 bits per heavy atom. The maximum Gasteiger partial charge on any atom is 0.414 e. The summed E-state index contributed by atoms with van der Waals surface area (Å²) in [6.07, 6.45) is -2.30. The van der Waals surface area contributed by atoms with Crippen LogP contribution >= 0.6 is 0 Å². The number of alkyl carbamates (subject to hydrolysis) is 1. The number of amides is 8. The second-order valence-electron chi connectivity index (χ2n) is 16.6. The molecule has 0 aliphatic carbocycles. The van der Waals surface area contributed by atoms with Gasteiger partial charge in [0.2, 0.25) is 35.4 Å². The lowest BCUT2D eigenvalue weighted by atomic mass is 9.99. The summed E-state index contributed by atoms with van der Waals surface area (Å²) in [5.74, 6) is -6.92. The Bertz CT molecular complexity index is 1580. The van der Waals surface area contributed by atoms with Crippen molar-refractivity contribution in [3.63, 3.8) is 0 Å². The van der Waals surface area contributed by atoms with Crippen LogP contribution in [-0.2, 0) is 49.6 Å². The average molecular weight is 835 g/mol. The lowest BCUT2D eigenvalue weighted by molar-refractivity contribution is -0.139. The van der Waals surface area contributed by atoms with E-state index in [4.69, 9.17) is 20.9 Å². The highest BCUT2D eigenvalue weighted by Crippen LogP contribution is 2.15. The van der Waals surface area contributed by atoms with Gasteiger partial charge in [-0.05, 0) is 63.9 Å². The largest absolute Gasteiger partial charge is 0.444 e. The molecule has 0 saturated heterocycles. The van der Waals surface area contributed by atoms with Crippen molar-refractivity contribution in [1.29, 1.82) is 0 Å². The van der Waals surface area contributed by atoms with E-state index in [-0.39, 0.29) is 31.3 Å². The van der Waals surface area contributed by atoms with Gasteiger partial charge in [0, 0.05) is 0 Å². The minimum absolute atomic E-state index is 0.0472. The summed E-state index contributed by atoms with van der Waals surface area (Å²) in [6, 6.07) is 0.612. The molecule has 19 heteroatoms. The fraction of sp³-hybridized carbons (Fsp3) is 0.650. The molecular weight excluding hydrogens is 768 g/mol. The minimum atomic E-state index is -1.65. The lowest BCUT2D eigenvalue weighted by Crippen LogP contribution is -2.62. The fourth-order valence-electron chi connectivity index (χ4n) is 5.74. The molecule has 0 spiro atoms. The Morgan fingerprint density at radius 2 is 1.17 bits per heavy atom. The van der Waals surface area contributed by atoms with Crippen LogP contribution in [0.5, 0.6) is 0 Å². The van der Waals surface area contributed by atoms with Gasteiger partial charge in [0.1, 0.15) is 36.8 Å². The third kappa shape index (κ3) is 19.9. The Morgan fingerprint density at radius 1 is 0.661 bits per heavy atom. The molecule has 1 rings (SSSR count). The number of carbonyl (C=O) groups is 8. The van der Waals surface area contributed by atoms with Gasteiger partial charge in [0.25, 0.3) is 5.91 Å². The number of benzene rings is 1. The molecule has 0 fully saturated rings. The van der Waals surface area contributed by atoms with Crippen LogP contribution < -0.4 is 43.4 Å². The molecule has 1 aromatic carbocycles. The first kappa shape index (κ1) is 51.9. The third-order valence-corrected chi connectivity index (χ3v) is 8.53. The first-order valence-electron chi connectivity index (χ1n) is 19.7. The molecule has 11 N–H and O–H groups in total. The highest BCUT2D eigenvalue weighted by atomic mass is 16.5. The first-order valence-corrected chi connectivity index (χ1v) is 19.7. The summed E-state index contributed by atoms with van der Waals surface area (Å²) in [5, 5.41) is 24.6. The second-order valence-corrected chi connectivity index (χ2v) is 16.6. The van der Waals surface area contributed by atoms with E-state index >= 15 is 0 Å². The average Bonchev–Trinajstić information content (AvgIpc) is 3.11. The van der Waals surface area contributed by atoms with Crippen molar-refractivity contribution < 1.29 is 52.9 Å². The van der Waals surface area contributed by atoms with Crippen LogP contribution in [0.15, 0.2) is 30.3 Å². The number of primary amides is 1. The molecule has 19 nitrogen and oxygen atoms in total. The Labute approximate surface area is 346 Å². The summed E-state index contributed by atoms with van der Waals surface area (Å²) in [4.78, 5) is 105. The number of hydrogen-bond acceptors (Lipinski definition) is 12. The molecule has 0 aromatic heterocycles. The van der Waals surface area contributed by atoms with E-state index in [1.807, 2.05) is 13.8 Å². The van der Waals surface area contributed by atoms with Crippen LogP contribution in [0, 0.1) is 17.8 Å². The van der Waals surface area contributed by atoms with Gasteiger partial charge < -0.3 is 52.6 Å². The maximum absolute atomic E-state index is 13.9. The van der Waals surface area contributed by atoms with Crippen molar-refractivity contribution in [2.75, 3.05) is 6.61 Å². The number of rotatable bonds is 23. The molecule has 8 amide bonds. The SMILES string of the molecule is CC(C)C[C@H](NC(=O)[C@@H](NC(=O)[C@H](CO)NC(=O)[C@H](CC(N)=O)NC(=O)[C@@H](N)CC(C)C)C(C)C)C(=O)N[C@H](C(=O)NC(=O)OCc1ccccc1)[C@@H](C)OC(C)(C)C. The van der Waals surface area contributed by atoms with Crippen molar-refractivity contribution in [3.8, 4) is 0 Å².